The van der Waals surface area contributed by atoms with E-state index in [0.717, 1.165) is 110 Å². The first kappa shape index (κ1) is 36.7. The number of imidazole rings is 1. The fourth-order valence-electron chi connectivity index (χ4n) is 8.65. The number of imide groups is 2. The van der Waals surface area contributed by atoms with Gasteiger partial charge in [-0.1, -0.05) is 0 Å². The topological polar surface area (TPSA) is 159 Å². The molecule has 0 saturated carbocycles. The standard InChI is InChI=1S/C40H48N10O5/c1-25(2)49-26(3)43-32-24-42-28(22-34(32)49)21-27-9-13-41-39(44-27)48-15-11-40(55-4,12-16-48)10-14-46-17-19-47(20-18-46)29-5-6-30-31(23-29)38(54)50(37(30)53)33-7-8-35(51)45-36(33)52/h5-6,9,13,22-25,33H,7-8,10-12,14-21H2,1-4H3,(H,45,51,52). The number of carbonyl (C=O) groups is 4. The average molecular weight is 749 g/mol. The normalized spacial score (nSPS) is 20.5. The Morgan fingerprint density at radius 1 is 0.891 bits per heavy atom. The van der Waals surface area contributed by atoms with Crippen molar-refractivity contribution in [3.8, 4) is 0 Å². The number of nitrogens with zero attached hydrogens (tertiary/aromatic N) is 9. The molecular formula is C40H48N10O5. The molecule has 0 spiro atoms. The van der Waals surface area contributed by atoms with Crippen LogP contribution in [0.3, 0.4) is 0 Å². The van der Waals surface area contributed by atoms with Crippen LogP contribution in [-0.4, -0.2) is 122 Å². The number of carbonyl (C=O) groups excluding carboxylic acids is 4. The van der Waals surface area contributed by atoms with Crippen molar-refractivity contribution in [2.75, 3.05) is 62.7 Å². The number of rotatable bonds is 10. The van der Waals surface area contributed by atoms with Crippen LogP contribution in [0.4, 0.5) is 11.6 Å². The van der Waals surface area contributed by atoms with E-state index in [1.807, 2.05) is 38.6 Å². The summed E-state index contributed by atoms with van der Waals surface area (Å²) in [6.07, 6.45) is 7.23. The second-order valence-electron chi connectivity index (χ2n) is 15.4. The van der Waals surface area contributed by atoms with E-state index in [2.05, 4.69) is 59.4 Å². The second kappa shape index (κ2) is 14.8. The Bertz CT molecular complexity index is 2150. The third-order valence-corrected chi connectivity index (χ3v) is 11.8. The molecule has 15 nitrogen and oxygen atoms in total. The van der Waals surface area contributed by atoms with Crippen LogP contribution in [0.5, 0.6) is 0 Å². The number of methoxy groups -OCH3 is 1. The zero-order chi connectivity index (χ0) is 38.4. The van der Waals surface area contributed by atoms with Crippen molar-refractivity contribution in [3.05, 3.63) is 71.1 Å². The van der Waals surface area contributed by atoms with E-state index in [9.17, 15) is 19.2 Å². The Labute approximate surface area is 320 Å². The molecule has 288 valence electrons. The number of aryl methyl sites for hydroxylation is 1. The Balaban J connectivity index is 0.836. The van der Waals surface area contributed by atoms with E-state index in [1.165, 1.54) is 0 Å². The number of piperidine rings is 2. The summed E-state index contributed by atoms with van der Waals surface area (Å²) < 4.78 is 8.46. The summed E-state index contributed by atoms with van der Waals surface area (Å²) in [7, 11) is 1.82. The van der Waals surface area contributed by atoms with Crippen molar-refractivity contribution in [2.24, 2.45) is 0 Å². The Hall–Kier alpha value is -5.28. The van der Waals surface area contributed by atoms with Crippen LogP contribution >= 0.6 is 0 Å². The van der Waals surface area contributed by atoms with Crippen LogP contribution in [0.15, 0.2) is 42.7 Å². The van der Waals surface area contributed by atoms with Gasteiger partial charge in [-0.15, -0.1) is 0 Å². The largest absolute Gasteiger partial charge is 0.378 e. The van der Waals surface area contributed by atoms with Gasteiger partial charge in [-0.25, -0.2) is 15.0 Å². The van der Waals surface area contributed by atoms with E-state index >= 15 is 0 Å². The van der Waals surface area contributed by atoms with E-state index in [1.54, 1.807) is 12.1 Å². The Morgan fingerprint density at radius 2 is 1.65 bits per heavy atom. The highest BCUT2D eigenvalue weighted by molar-refractivity contribution is 6.23. The van der Waals surface area contributed by atoms with Gasteiger partial charge < -0.3 is 19.1 Å². The molecule has 15 heteroatoms. The highest BCUT2D eigenvalue weighted by Gasteiger charge is 2.45. The lowest BCUT2D eigenvalue weighted by atomic mass is 9.87. The number of amides is 4. The van der Waals surface area contributed by atoms with Gasteiger partial charge in [-0.3, -0.25) is 39.3 Å². The van der Waals surface area contributed by atoms with E-state index in [4.69, 9.17) is 9.72 Å². The fourth-order valence-corrected chi connectivity index (χ4v) is 8.65. The zero-order valence-electron chi connectivity index (χ0n) is 32.0. The number of hydrogen-bond donors (Lipinski definition) is 1. The molecule has 4 aliphatic rings. The quantitative estimate of drug-likeness (QED) is 0.236. The lowest BCUT2D eigenvalue weighted by Crippen LogP contribution is -2.54. The summed E-state index contributed by atoms with van der Waals surface area (Å²) in [6.45, 7) is 12.2. The zero-order valence-corrected chi connectivity index (χ0v) is 32.0. The van der Waals surface area contributed by atoms with Crippen molar-refractivity contribution in [1.29, 1.82) is 0 Å². The van der Waals surface area contributed by atoms with Gasteiger partial charge in [0.2, 0.25) is 17.8 Å². The van der Waals surface area contributed by atoms with Gasteiger partial charge in [0.15, 0.2) is 0 Å². The molecule has 4 amide bonds. The van der Waals surface area contributed by atoms with E-state index in [-0.39, 0.29) is 24.3 Å². The molecule has 1 atom stereocenters. The van der Waals surface area contributed by atoms with Crippen molar-refractivity contribution in [2.45, 2.75) is 77.0 Å². The van der Waals surface area contributed by atoms with Crippen molar-refractivity contribution in [3.63, 3.8) is 0 Å². The van der Waals surface area contributed by atoms with Crippen LogP contribution in [0.25, 0.3) is 11.0 Å². The summed E-state index contributed by atoms with van der Waals surface area (Å²) in [5.41, 5.74) is 5.15. The summed E-state index contributed by atoms with van der Waals surface area (Å²) in [4.78, 5) is 77.5. The third-order valence-electron chi connectivity index (χ3n) is 11.8. The summed E-state index contributed by atoms with van der Waals surface area (Å²) in [5.74, 6) is -0.239. The molecule has 1 unspecified atom stereocenters. The molecule has 1 aromatic carbocycles. The van der Waals surface area contributed by atoms with Crippen LogP contribution < -0.4 is 15.1 Å². The monoisotopic (exact) mass is 748 g/mol. The number of anilines is 2. The number of benzene rings is 1. The highest BCUT2D eigenvalue weighted by Crippen LogP contribution is 2.33. The molecule has 4 aliphatic heterocycles. The van der Waals surface area contributed by atoms with Gasteiger partial charge in [0.25, 0.3) is 11.8 Å². The minimum Gasteiger partial charge on any atom is -0.378 e. The maximum atomic E-state index is 13.3. The minimum absolute atomic E-state index is 0.0941. The number of aromatic nitrogens is 5. The van der Waals surface area contributed by atoms with Gasteiger partial charge in [-0.2, -0.15) is 0 Å². The molecule has 7 heterocycles. The number of fused-ring (bicyclic) bond motifs is 2. The van der Waals surface area contributed by atoms with Gasteiger partial charge in [0, 0.05) is 89.4 Å². The molecule has 0 aliphatic carbocycles. The number of ether oxygens (including phenoxy) is 1. The first-order valence-electron chi connectivity index (χ1n) is 19.3. The predicted octanol–water partition coefficient (Wildman–Crippen LogP) is 3.30. The number of hydrogen-bond acceptors (Lipinski definition) is 12. The van der Waals surface area contributed by atoms with Gasteiger partial charge >= 0.3 is 0 Å². The molecule has 4 aromatic rings. The summed E-state index contributed by atoms with van der Waals surface area (Å²) in [5, 5.41) is 2.25. The van der Waals surface area contributed by atoms with E-state index in [0.29, 0.717) is 23.6 Å². The van der Waals surface area contributed by atoms with Crippen LogP contribution in [0.2, 0.25) is 0 Å². The molecule has 0 bridgehead atoms. The third kappa shape index (κ3) is 7.06. The Morgan fingerprint density at radius 3 is 2.38 bits per heavy atom. The molecule has 3 fully saturated rings. The molecule has 55 heavy (non-hydrogen) atoms. The van der Waals surface area contributed by atoms with Crippen molar-refractivity contribution in [1.82, 2.24) is 39.6 Å². The molecule has 1 N–H and O–H groups in total. The maximum absolute atomic E-state index is 13.3. The first-order valence-corrected chi connectivity index (χ1v) is 19.3. The second-order valence-corrected chi connectivity index (χ2v) is 15.4. The molecule has 3 aromatic heterocycles. The maximum Gasteiger partial charge on any atom is 0.262 e. The van der Waals surface area contributed by atoms with Gasteiger partial charge in [0.1, 0.15) is 17.4 Å². The molecule has 0 radical (unpaired) electrons. The number of piperazine rings is 1. The predicted molar refractivity (Wildman–Crippen MR) is 205 cm³/mol. The van der Waals surface area contributed by atoms with Crippen LogP contribution in [0.1, 0.15) is 89.9 Å². The molecular weight excluding hydrogens is 701 g/mol. The number of pyridine rings is 1. The number of nitrogens with one attached hydrogen (secondary N) is 1. The minimum atomic E-state index is -0.972. The lowest BCUT2D eigenvalue weighted by Gasteiger charge is -2.43. The Kier molecular flexibility index (Phi) is 9.84. The average Bonchev–Trinajstić information content (AvgIpc) is 3.65. The lowest BCUT2D eigenvalue weighted by molar-refractivity contribution is -0.136. The highest BCUT2D eigenvalue weighted by atomic mass is 16.5. The molecule has 8 rings (SSSR count). The molecule has 3 saturated heterocycles. The summed E-state index contributed by atoms with van der Waals surface area (Å²) >= 11 is 0. The van der Waals surface area contributed by atoms with Gasteiger partial charge in [-0.05, 0) is 76.8 Å². The van der Waals surface area contributed by atoms with Crippen LogP contribution in [-0.2, 0) is 20.7 Å². The van der Waals surface area contributed by atoms with Crippen LogP contribution in [0, 0.1) is 6.92 Å². The van der Waals surface area contributed by atoms with E-state index < -0.39 is 23.8 Å². The van der Waals surface area contributed by atoms with Crippen molar-refractivity contribution >= 4 is 46.3 Å². The SMILES string of the molecule is COC1(CCN2CCN(c3ccc4c(c3)C(=O)N(C3CCC(=O)NC3=O)C4=O)CC2)CCN(c2nccc(Cc3cc4c(cn3)nc(C)n4C(C)C)n2)CC1. The first-order chi connectivity index (χ1) is 26.5. The van der Waals surface area contributed by atoms with Gasteiger partial charge in [0.05, 0.1) is 34.1 Å². The fraction of sp³-hybridized carbons (Fsp3) is 0.500. The van der Waals surface area contributed by atoms with Crippen molar-refractivity contribution < 1.29 is 23.9 Å². The smallest absolute Gasteiger partial charge is 0.262 e. The summed E-state index contributed by atoms with van der Waals surface area (Å²) in [6, 6.07) is 8.76.